The maximum Gasteiger partial charge on any atom is 0.247 e. The number of benzene rings is 1. The van der Waals surface area contributed by atoms with Crippen LogP contribution in [0.2, 0.25) is 0 Å². The van der Waals surface area contributed by atoms with Crippen LogP contribution in [0.1, 0.15) is 30.7 Å². The third-order valence-electron chi connectivity index (χ3n) is 4.55. The number of aryl methyl sites for hydroxylation is 2. The zero-order valence-electron chi connectivity index (χ0n) is 15.5. The van der Waals surface area contributed by atoms with E-state index in [1.165, 1.54) is 10.6 Å². The molecule has 1 aromatic carbocycles. The molecule has 0 bridgehead atoms. The molecule has 27 heavy (non-hydrogen) atoms. The second-order valence-corrected chi connectivity index (χ2v) is 8.88. The predicted octanol–water partition coefficient (Wildman–Crippen LogP) is 1.52. The molecule has 1 atom stereocenters. The summed E-state index contributed by atoms with van der Waals surface area (Å²) >= 11 is 0. The highest BCUT2D eigenvalue weighted by Crippen LogP contribution is 2.19. The molecule has 0 spiro atoms. The van der Waals surface area contributed by atoms with E-state index in [-0.39, 0.29) is 18.4 Å². The fourth-order valence-electron chi connectivity index (χ4n) is 3.05. The molecule has 0 saturated carbocycles. The zero-order chi connectivity index (χ0) is 19.4. The first-order chi connectivity index (χ1) is 12.8. The van der Waals surface area contributed by atoms with Gasteiger partial charge in [0.15, 0.2) is 0 Å². The Morgan fingerprint density at radius 1 is 1.30 bits per heavy atom. The summed E-state index contributed by atoms with van der Waals surface area (Å²) in [5.74, 6) is 0.689. The van der Waals surface area contributed by atoms with Crippen molar-refractivity contribution in [2.45, 2.75) is 38.6 Å². The highest BCUT2D eigenvalue weighted by atomic mass is 32.2. The molecule has 1 fully saturated rings. The van der Waals surface area contributed by atoms with Crippen molar-refractivity contribution in [2.24, 2.45) is 0 Å². The number of carbonyl (C=O) groups is 1. The van der Waals surface area contributed by atoms with E-state index in [0.29, 0.717) is 31.3 Å². The molecule has 2 heterocycles. The monoisotopic (exact) mass is 392 g/mol. The number of hydrogen-bond acceptors (Lipinski definition) is 6. The molecule has 9 heteroatoms. The average Bonchev–Trinajstić information content (AvgIpc) is 3.09. The van der Waals surface area contributed by atoms with Gasteiger partial charge in [0, 0.05) is 37.5 Å². The summed E-state index contributed by atoms with van der Waals surface area (Å²) < 4.78 is 30.3. The van der Waals surface area contributed by atoms with Gasteiger partial charge in [-0.2, -0.15) is 0 Å². The van der Waals surface area contributed by atoms with E-state index in [0.717, 1.165) is 24.0 Å². The van der Waals surface area contributed by atoms with E-state index in [4.69, 9.17) is 4.42 Å². The molecule has 1 saturated heterocycles. The van der Waals surface area contributed by atoms with Crippen LogP contribution in [-0.4, -0.2) is 54.2 Å². The number of carbonyl (C=O) groups excluding carboxylic acids is 1. The quantitative estimate of drug-likeness (QED) is 0.799. The molecule has 1 aromatic heterocycles. The zero-order valence-corrected chi connectivity index (χ0v) is 16.3. The number of piperidine rings is 1. The lowest BCUT2D eigenvalue weighted by Crippen LogP contribution is -2.49. The SMILES string of the molecule is Cc1ccc(-c2nnc(CCC(=O)NC3CCCN(S(C)(=O)=O)C3)o2)cc1. The molecule has 3 rings (SSSR count). The van der Waals surface area contributed by atoms with E-state index in [9.17, 15) is 13.2 Å². The third-order valence-corrected chi connectivity index (χ3v) is 5.82. The first-order valence-corrected chi connectivity index (χ1v) is 10.8. The van der Waals surface area contributed by atoms with Crippen molar-refractivity contribution in [3.63, 3.8) is 0 Å². The van der Waals surface area contributed by atoms with E-state index in [1.807, 2.05) is 31.2 Å². The smallest absolute Gasteiger partial charge is 0.247 e. The van der Waals surface area contributed by atoms with E-state index in [2.05, 4.69) is 15.5 Å². The van der Waals surface area contributed by atoms with Crippen LogP contribution in [0.5, 0.6) is 0 Å². The minimum Gasteiger partial charge on any atom is -0.421 e. The second kappa shape index (κ2) is 8.18. The fraction of sp³-hybridized carbons (Fsp3) is 0.500. The number of sulfonamides is 1. The van der Waals surface area contributed by atoms with Gasteiger partial charge in [0.25, 0.3) is 0 Å². The van der Waals surface area contributed by atoms with Gasteiger partial charge in [-0.05, 0) is 31.9 Å². The van der Waals surface area contributed by atoms with Gasteiger partial charge in [-0.1, -0.05) is 17.7 Å². The Bertz CT molecular complexity index is 892. The molecule has 1 aliphatic heterocycles. The Labute approximate surface area is 159 Å². The lowest BCUT2D eigenvalue weighted by molar-refractivity contribution is -0.122. The highest BCUT2D eigenvalue weighted by molar-refractivity contribution is 7.88. The highest BCUT2D eigenvalue weighted by Gasteiger charge is 2.26. The Morgan fingerprint density at radius 2 is 2.04 bits per heavy atom. The average molecular weight is 392 g/mol. The molecule has 1 aliphatic rings. The summed E-state index contributed by atoms with van der Waals surface area (Å²) in [5, 5.41) is 10.9. The van der Waals surface area contributed by atoms with Gasteiger partial charge < -0.3 is 9.73 Å². The van der Waals surface area contributed by atoms with Crippen LogP contribution in [-0.2, 0) is 21.2 Å². The van der Waals surface area contributed by atoms with Crippen LogP contribution in [0.15, 0.2) is 28.7 Å². The van der Waals surface area contributed by atoms with Crippen molar-refractivity contribution in [2.75, 3.05) is 19.3 Å². The molecule has 1 unspecified atom stereocenters. The molecule has 146 valence electrons. The van der Waals surface area contributed by atoms with Crippen molar-refractivity contribution in [3.8, 4) is 11.5 Å². The molecule has 8 nitrogen and oxygen atoms in total. The van der Waals surface area contributed by atoms with Crippen molar-refractivity contribution < 1.29 is 17.6 Å². The summed E-state index contributed by atoms with van der Waals surface area (Å²) in [6.45, 7) is 2.83. The van der Waals surface area contributed by atoms with Gasteiger partial charge in [-0.15, -0.1) is 10.2 Å². The number of rotatable bonds is 6. The summed E-state index contributed by atoms with van der Waals surface area (Å²) in [4.78, 5) is 12.2. The Morgan fingerprint density at radius 3 is 2.74 bits per heavy atom. The Kier molecular flexibility index (Phi) is 5.91. The van der Waals surface area contributed by atoms with E-state index >= 15 is 0 Å². The maximum absolute atomic E-state index is 12.2. The van der Waals surface area contributed by atoms with Gasteiger partial charge in [-0.3, -0.25) is 4.79 Å². The largest absolute Gasteiger partial charge is 0.421 e. The van der Waals surface area contributed by atoms with E-state index in [1.54, 1.807) is 0 Å². The Balaban J connectivity index is 1.50. The van der Waals surface area contributed by atoms with E-state index < -0.39 is 10.0 Å². The van der Waals surface area contributed by atoms with Crippen LogP contribution in [0, 0.1) is 6.92 Å². The minimum atomic E-state index is -3.23. The van der Waals surface area contributed by atoms with Crippen LogP contribution in [0.4, 0.5) is 0 Å². The standard InChI is InChI=1S/C18H24N4O4S/c1-13-5-7-14(8-6-13)18-21-20-17(26-18)10-9-16(23)19-15-4-3-11-22(12-15)27(2,24)25/h5-8,15H,3-4,9-12H2,1-2H3,(H,19,23). The van der Waals surface area contributed by atoms with Crippen molar-refractivity contribution >= 4 is 15.9 Å². The summed E-state index contributed by atoms with van der Waals surface area (Å²) in [5.41, 5.74) is 1.99. The summed E-state index contributed by atoms with van der Waals surface area (Å²) in [6.07, 6.45) is 3.26. The van der Waals surface area contributed by atoms with Gasteiger partial charge in [-0.25, -0.2) is 12.7 Å². The fourth-order valence-corrected chi connectivity index (χ4v) is 3.96. The number of nitrogens with zero attached hydrogens (tertiary/aromatic N) is 3. The van der Waals surface area contributed by atoms with Gasteiger partial charge >= 0.3 is 0 Å². The van der Waals surface area contributed by atoms with Crippen LogP contribution in [0.3, 0.4) is 0 Å². The summed E-state index contributed by atoms with van der Waals surface area (Å²) in [6, 6.07) is 7.60. The number of hydrogen-bond donors (Lipinski definition) is 1. The van der Waals surface area contributed by atoms with Crippen LogP contribution < -0.4 is 5.32 Å². The normalized spacial score (nSPS) is 18.4. The molecule has 1 amide bonds. The van der Waals surface area contributed by atoms with Gasteiger partial charge in [0.2, 0.25) is 27.7 Å². The lowest BCUT2D eigenvalue weighted by atomic mass is 10.1. The lowest BCUT2D eigenvalue weighted by Gasteiger charge is -2.31. The van der Waals surface area contributed by atoms with Crippen molar-refractivity contribution in [1.29, 1.82) is 0 Å². The van der Waals surface area contributed by atoms with Crippen LogP contribution in [0.25, 0.3) is 11.5 Å². The molecule has 1 N–H and O–H groups in total. The Hall–Kier alpha value is -2.26. The molecular formula is C18H24N4O4S. The first kappa shape index (κ1) is 19.5. The van der Waals surface area contributed by atoms with Gasteiger partial charge in [0.05, 0.1) is 6.26 Å². The first-order valence-electron chi connectivity index (χ1n) is 8.95. The number of amides is 1. The van der Waals surface area contributed by atoms with Crippen LogP contribution >= 0.6 is 0 Å². The predicted molar refractivity (Wildman–Crippen MR) is 100 cm³/mol. The number of nitrogens with one attached hydrogen (secondary N) is 1. The topological polar surface area (TPSA) is 105 Å². The molecule has 0 aliphatic carbocycles. The minimum absolute atomic E-state index is 0.148. The second-order valence-electron chi connectivity index (χ2n) is 6.89. The van der Waals surface area contributed by atoms with Gasteiger partial charge in [0.1, 0.15) is 0 Å². The van der Waals surface area contributed by atoms with Crippen molar-refractivity contribution in [3.05, 3.63) is 35.7 Å². The maximum atomic E-state index is 12.2. The summed E-state index contributed by atoms with van der Waals surface area (Å²) in [7, 11) is -3.23. The molecule has 2 aromatic rings. The molecule has 0 radical (unpaired) electrons. The molecular weight excluding hydrogens is 368 g/mol. The number of aromatic nitrogens is 2. The third kappa shape index (κ3) is 5.36. The van der Waals surface area contributed by atoms with Crippen molar-refractivity contribution in [1.82, 2.24) is 19.8 Å².